The van der Waals surface area contributed by atoms with Crippen molar-refractivity contribution in [1.82, 2.24) is 9.88 Å². The molecule has 1 fully saturated rings. The van der Waals surface area contributed by atoms with E-state index in [2.05, 4.69) is 50.2 Å². The van der Waals surface area contributed by atoms with E-state index in [-0.39, 0.29) is 5.91 Å². The van der Waals surface area contributed by atoms with Crippen LogP contribution in [0.4, 0.5) is 0 Å². The molecule has 0 saturated carbocycles. The standard InChI is InChI=1S/C21H21BrN2O/c22-17-6-3-5-15(11-17)12-21(25)24-10-4-7-18(24)13-16-14-23-20-9-2-1-8-19(16)20/h1-3,5-6,8-9,11,14,18,23H,4,7,10,12-13H2. The monoisotopic (exact) mass is 396 g/mol. The average Bonchev–Trinajstić information content (AvgIpc) is 3.23. The molecule has 4 heteroatoms. The van der Waals surface area contributed by atoms with Crippen LogP contribution in [0.25, 0.3) is 10.9 Å². The van der Waals surface area contributed by atoms with E-state index in [1.54, 1.807) is 0 Å². The number of carbonyl (C=O) groups excluding carboxylic acids is 1. The summed E-state index contributed by atoms with van der Waals surface area (Å²) in [6.45, 7) is 0.875. The Hall–Kier alpha value is -2.07. The lowest BCUT2D eigenvalue weighted by Crippen LogP contribution is -2.37. The maximum Gasteiger partial charge on any atom is 0.227 e. The molecule has 3 nitrogen and oxygen atoms in total. The van der Waals surface area contributed by atoms with Crippen molar-refractivity contribution in [2.45, 2.75) is 31.7 Å². The highest BCUT2D eigenvalue weighted by atomic mass is 79.9. The first-order chi connectivity index (χ1) is 12.2. The summed E-state index contributed by atoms with van der Waals surface area (Å²) in [5, 5.41) is 1.27. The number of aromatic amines is 1. The number of halogens is 1. The fourth-order valence-electron chi connectivity index (χ4n) is 3.85. The normalized spacial score (nSPS) is 17.3. The fraction of sp³-hybridized carbons (Fsp3) is 0.286. The van der Waals surface area contributed by atoms with Crippen LogP contribution in [0.1, 0.15) is 24.0 Å². The lowest BCUT2D eigenvalue weighted by atomic mass is 10.0. The Morgan fingerprint density at radius 2 is 2.08 bits per heavy atom. The van der Waals surface area contributed by atoms with Crippen LogP contribution in [0.5, 0.6) is 0 Å². The van der Waals surface area contributed by atoms with E-state index in [4.69, 9.17) is 0 Å². The minimum Gasteiger partial charge on any atom is -0.361 e. The number of rotatable bonds is 4. The molecule has 4 rings (SSSR count). The van der Waals surface area contributed by atoms with E-state index in [9.17, 15) is 4.79 Å². The second kappa shape index (κ2) is 7.04. The number of nitrogens with zero attached hydrogens (tertiary/aromatic N) is 1. The van der Waals surface area contributed by atoms with Crippen LogP contribution < -0.4 is 0 Å². The van der Waals surface area contributed by atoms with Gasteiger partial charge in [-0.3, -0.25) is 4.79 Å². The first-order valence-electron chi connectivity index (χ1n) is 8.79. The number of hydrogen-bond acceptors (Lipinski definition) is 1. The molecule has 0 spiro atoms. The summed E-state index contributed by atoms with van der Waals surface area (Å²) in [6, 6.07) is 16.7. The minimum absolute atomic E-state index is 0.237. The summed E-state index contributed by atoms with van der Waals surface area (Å²) in [4.78, 5) is 18.3. The van der Waals surface area contributed by atoms with E-state index in [1.807, 2.05) is 30.3 Å². The number of carbonyl (C=O) groups is 1. The minimum atomic E-state index is 0.237. The topological polar surface area (TPSA) is 36.1 Å². The second-order valence-electron chi connectivity index (χ2n) is 6.75. The van der Waals surface area contributed by atoms with Crippen molar-refractivity contribution < 1.29 is 4.79 Å². The van der Waals surface area contributed by atoms with Gasteiger partial charge < -0.3 is 9.88 Å². The van der Waals surface area contributed by atoms with Gasteiger partial charge in [0.05, 0.1) is 6.42 Å². The average molecular weight is 397 g/mol. The molecule has 1 unspecified atom stereocenters. The number of benzene rings is 2. The highest BCUT2D eigenvalue weighted by molar-refractivity contribution is 9.10. The smallest absolute Gasteiger partial charge is 0.227 e. The van der Waals surface area contributed by atoms with Gasteiger partial charge in [-0.2, -0.15) is 0 Å². The molecule has 1 aliphatic heterocycles. The second-order valence-corrected chi connectivity index (χ2v) is 7.67. The van der Waals surface area contributed by atoms with Crippen molar-refractivity contribution in [2.24, 2.45) is 0 Å². The summed E-state index contributed by atoms with van der Waals surface area (Å²) in [5.41, 5.74) is 3.54. The molecule has 3 aromatic rings. The Labute approximate surface area is 156 Å². The Kier molecular flexibility index (Phi) is 4.62. The first kappa shape index (κ1) is 16.4. The van der Waals surface area contributed by atoms with Gasteiger partial charge in [0.1, 0.15) is 0 Å². The maximum absolute atomic E-state index is 12.8. The quantitative estimate of drug-likeness (QED) is 0.680. The number of nitrogens with one attached hydrogen (secondary N) is 1. The Bertz CT molecular complexity index is 902. The molecule has 1 amide bonds. The molecule has 1 saturated heterocycles. The van der Waals surface area contributed by atoms with Crippen molar-refractivity contribution in [3.05, 3.63) is 70.3 Å². The predicted molar refractivity (Wildman–Crippen MR) is 105 cm³/mol. The van der Waals surface area contributed by atoms with E-state index < -0.39 is 0 Å². The molecule has 1 atom stereocenters. The number of fused-ring (bicyclic) bond motifs is 1. The zero-order chi connectivity index (χ0) is 17.2. The molecule has 0 radical (unpaired) electrons. The number of para-hydroxylation sites is 1. The molecule has 2 aromatic carbocycles. The van der Waals surface area contributed by atoms with E-state index >= 15 is 0 Å². The molecular formula is C21H21BrN2O. The van der Waals surface area contributed by atoms with Crippen LogP contribution in [-0.4, -0.2) is 28.4 Å². The maximum atomic E-state index is 12.8. The fourth-order valence-corrected chi connectivity index (χ4v) is 4.30. The van der Waals surface area contributed by atoms with Crippen molar-refractivity contribution in [2.75, 3.05) is 6.54 Å². The van der Waals surface area contributed by atoms with Gasteiger partial charge in [0.25, 0.3) is 0 Å². The SMILES string of the molecule is O=C(Cc1cccc(Br)c1)N1CCCC1Cc1c[nH]c2ccccc12. The zero-order valence-electron chi connectivity index (χ0n) is 14.0. The molecular weight excluding hydrogens is 376 g/mol. The molecule has 1 N–H and O–H groups in total. The Morgan fingerprint density at radius 3 is 2.96 bits per heavy atom. The molecule has 128 valence electrons. The van der Waals surface area contributed by atoms with Crippen LogP contribution >= 0.6 is 15.9 Å². The number of H-pyrrole nitrogens is 1. The van der Waals surface area contributed by atoms with Gasteiger partial charge >= 0.3 is 0 Å². The van der Waals surface area contributed by atoms with Gasteiger partial charge in [0, 0.05) is 34.2 Å². The third-order valence-corrected chi connectivity index (χ3v) is 5.57. The lowest BCUT2D eigenvalue weighted by molar-refractivity contribution is -0.131. The van der Waals surface area contributed by atoms with Crippen molar-refractivity contribution in [3.8, 4) is 0 Å². The van der Waals surface area contributed by atoms with E-state index in [0.29, 0.717) is 12.5 Å². The van der Waals surface area contributed by atoms with Gasteiger partial charge in [-0.1, -0.05) is 46.3 Å². The summed E-state index contributed by atoms with van der Waals surface area (Å²) >= 11 is 3.48. The number of aromatic nitrogens is 1. The van der Waals surface area contributed by atoms with Crippen LogP contribution in [0.15, 0.2) is 59.2 Å². The Balaban J connectivity index is 1.49. The summed E-state index contributed by atoms with van der Waals surface area (Å²) in [5.74, 6) is 0.237. The third-order valence-electron chi connectivity index (χ3n) is 5.07. The van der Waals surface area contributed by atoms with Crippen LogP contribution in [0, 0.1) is 0 Å². The predicted octanol–water partition coefficient (Wildman–Crippen LogP) is 4.71. The third kappa shape index (κ3) is 3.49. The van der Waals surface area contributed by atoms with Gasteiger partial charge in [0.2, 0.25) is 5.91 Å². The van der Waals surface area contributed by atoms with Crippen molar-refractivity contribution in [3.63, 3.8) is 0 Å². The summed E-state index contributed by atoms with van der Waals surface area (Å²) in [6.07, 6.45) is 5.68. The molecule has 1 aromatic heterocycles. The lowest BCUT2D eigenvalue weighted by Gasteiger charge is -2.25. The van der Waals surface area contributed by atoms with Gasteiger partial charge in [0.15, 0.2) is 0 Å². The molecule has 0 aliphatic carbocycles. The van der Waals surface area contributed by atoms with E-state index in [0.717, 1.165) is 35.8 Å². The number of hydrogen-bond donors (Lipinski definition) is 1. The highest BCUT2D eigenvalue weighted by Gasteiger charge is 2.29. The van der Waals surface area contributed by atoms with Crippen LogP contribution in [0.2, 0.25) is 0 Å². The number of likely N-dealkylation sites (tertiary alicyclic amines) is 1. The zero-order valence-corrected chi connectivity index (χ0v) is 15.6. The largest absolute Gasteiger partial charge is 0.361 e. The molecule has 2 heterocycles. The Morgan fingerprint density at radius 1 is 1.20 bits per heavy atom. The van der Waals surface area contributed by atoms with Crippen molar-refractivity contribution in [1.29, 1.82) is 0 Å². The van der Waals surface area contributed by atoms with Crippen LogP contribution in [-0.2, 0) is 17.6 Å². The summed E-state index contributed by atoms with van der Waals surface area (Å²) < 4.78 is 1.02. The highest BCUT2D eigenvalue weighted by Crippen LogP contribution is 2.26. The van der Waals surface area contributed by atoms with Crippen molar-refractivity contribution >= 4 is 32.7 Å². The van der Waals surface area contributed by atoms with Gasteiger partial charge in [-0.25, -0.2) is 0 Å². The van der Waals surface area contributed by atoms with E-state index in [1.165, 1.54) is 16.5 Å². The van der Waals surface area contributed by atoms with Gasteiger partial charge in [-0.05, 0) is 48.6 Å². The van der Waals surface area contributed by atoms with Crippen LogP contribution in [0.3, 0.4) is 0 Å². The van der Waals surface area contributed by atoms with Gasteiger partial charge in [-0.15, -0.1) is 0 Å². The molecule has 1 aliphatic rings. The summed E-state index contributed by atoms with van der Waals surface area (Å²) in [7, 11) is 0. The molecule has 0 bridgehead atoms. The number of amides is 1. The first-order valence-corrected chi connectivity index (χ1v) is 9.59. The molecule has 25 heavy (non-hydrogen) atoms.